The van der Waals surface area contributed by atoms with Crippen molar-refractivity contribution < 1.29 is 135 Å². The van der Waals surface area contributed by atoms with Crippen LogP contribution in [0.1, 0.15) is 25.7 Å². The van der Waals surface area contributed by atoms with Crippen molar-refractivity contribution in [2.24, 2.45) is 0 Å². The standard InChI is InChI=1S/2C6H8O7.3C4H10N2.12H2O/c2*7-3(8)1-6(13,5(11)12)2-4(9)10;3*1-2-6-4-3-5-1;;;;;;;;;;;;/h2*13H,1-2H2,(H,7,8)(H,9,10)(H,11,12);3*5-6H,1-4H2;12*1H2. The molecule has 0 aromatic carbocycles. The van der Waals surface area contributed by atoms with Crippen LogP contribution < -0.4 is 31.9 Å². The minimum Gasteiger partial charge on any atom is -0.481 e. The maximum atomic E-state index is 10.3. The first kappa shape index (κ1) is 93.7. The summed E-state index contributed by atoms with van der Waals surface area (Å²) in [4.78, 5) is 61.0. The van der Waals surface area contributed by atoms with E-state index in [0.717, 1.165) is 78.5 Å². The molecule has 3 saturated heterocycles. The monoisotopic (exact) mass is 858 g/mol. The summed E-state index contributed by atoms with van der Waals surface area (Å²) in [5.74, 6) is -10.0. The second kappa shape index (κ2) is 55.4. The summed E-state index contributed by atoms with van der Waals surface area (Å²) >= 11 is 0. The van der Waals surface area contributed by atoms with Crippen LogP contribution in [0.4, 0.5) is 0 Å². The normalized spacial score (nSPS) is 12.8. The molecule has 0 bridgehead atoms. The summed E-state index contributed by atoms with van der Waals surface area (Å²) in [5.41, 5.74) is -5.48. The van der Waals surface area contributed by atoms with Gasteiger partial charge in [-0.25, -0.2) is 9.59 Å². The molecule has 3 heterocycles. The number of nitrogens with one attached hydrogen (secondary N) is 6. The van der Waals surface area contributed by atoms with Crippen LogP contribution in [0.2, 0.25) is 0 Å². The van der Waals surface area contributed by atoms with Gasteiger partial charge in [0.1, 0.15) is 0 Å². The van der Waals surface area contributed by atoms with Crippen LogP contribution in [-0.4, -0.2) is 232 Å². The number of aliphatic hydroxyl groups is 2. The molecule has 0 aromatic rings. The van der Waals surface area contributed by atoms with E-state index in [0.29, 0.717) is 0 Å². The summed E-state index contributed by atoms with van der Waals surface area (Å²) in [6.07, 6.45) is -4.58. The topological polar surface area (TPSA) is 714 Å². The molecular formula is C24H70N6O26. The van der Waals surface area contributed by atoms with E-state index >= 15 is 0 Å². The summed E-state index contributed by atoms with van der Waals surface area (Å²) in [6.45, 7) is 13.7. The Labute approximate surface area is 319 Å². The Morgan fingerprint density at radius 2 is 0.411 bits per heavy atom. The smallest absolute Gasteiger partial charge is 0.336 e. The van der Waals surface area contributed by atoms with Crippen LogP contribution in [0.15, 0.2) is 0 Å². The predicted molar refractivity (Wildman–Crippen MR) is 195 cm³/mol. The number of hydrogen-bond donors (Lipinski definition) is 14. The lowest BCUT2D eigenvalue weighted by Gasteiger charge is -2.18. The first-order chi connectivity index (χ1) is 20.6. The predicted octanol–water partition coefficient (Wildman–Crippen LogP) is -14.9. The Morgan fingerprint density at radius 1 is 0.304 bits per heavy atom. The molecule has 38 N–H and O–H groups in total. The highest BCUT2D eigenvalue weighted by Gasteiger charge is 2.41. The highest BCUT2D eigenvalue weighted by molar-refractivity contribution is 5.88. The van der Waals surface area contributed by atoms with Crippen LogP contribution in [-0.2, 0) is 28.8 Å². The van der Waals surface area contributed by atoms with Crippen molar-refractivity contribution in [3.63, 3.8) is 0 Å². The molecule has 0 aliphatic carbocycles. The third-order valence-electron chi connectivity index (χ3n) is 5.44. The lowest BCUT2D eigenvalue weighted by Crippen LogP contribution is -2.42. The second-order valence-corrected chi connectivity index (χ2v) is 9.46. The van der Waals surface area contributed by atoms with Crippen LogP contribution in [0.5, 0.6) is 0 Å². The van der Waals surface area contributed by atoms with Gasteiger partial charge in [0.25, 0.3) is 0 Å². The number of piperazine rings is 3. The molecule has 32 heteroatoms. The van der Waals surface area contributed by atoms with Gasteiger partial charge < -0.3 is 138 Å². The van der Waals surface area contributed by atoms with Crippen LogP contribution in [0, 0.1) is 0 Å². The number of rotatable bonds is 10. The van der Waals surface area contributed by atoms with E-state index in [1.54, 1.807) is 0 Å². The van der Waals surface area contributed by atoms with Crippen LogP contribution >= 0.6 is 0 Å². The van der Waals surface area contributed by atoms with Gasteiger partial charge in [0.15, 0.2) is 11.2 Å². The Hall–Kier alpha value is -3.98. The molecule has 0 aromatic heterocycles. The zero-order chi connectivity index (χ0) is 34.0. The van der Waals surface area contributed by atoms with E-state index in [2.05, 4.69) is 31.9 Å². The van der Waals surface area contributed by atoms with Gasteiger partial charge in [-0.15, -0.1) is 0 Å². The van der Waals surface area contributed by atoms with Gasteiger partial charge in [0, 0.05) is 78.5 Å². The van der Waals surface area contributed by atoms with Gasteiger partial charge in [0.2, 0.25) is 0 Å². The zero-order valence-corrected chi connectivity index (χ0v) is 30.3. The van der Waals surface area contributed by atoms with Crippen molar-refractivity contribution in [2.45, 2.75) is 36.9 Å². The van der Waals surface area contributed by atoms with Gasteiger partial charge >= 0.3 is 35.8 Å². The van der Waals surface area contributed by atoms with E-state index in [9.17, 15) is 28.8 Å². The lowest BCUT2D eigenvalue weighted by atomic mass is 9.96. The van der Waals surface area contributed by atoms with Crippen molar-refractivity contribution in [1.29, 1.82) is 0 Å². The lowest BCUT2D eigenvalue weighted by molar-refractivity contribution is -0.170. The Balaban J connectivity index is -0.0000000321. The minimum absolute atomic E-state index is 0. The highest BCUT2D eigenvalue weighted by Crippen LogP contribution is 2.16. The number of aliphatic carboxylic acids is 6. The third kappa shape index (κ3) is 56.8. The van der Waals surface area contributed by atoms with E-state index in [4.69, 9.17) is 40.9 Å². The molecule has 0 amide bonds. The molecule has 0 spiro atoms. The summed E-state index contributed by atoms with van der Waals surface area (Å²) < 4.78 is 0. The molecule has 0 radical (unpaired) electrons. The minimum atomic E-state index is -2.74. The van der Waals surface area contributed by atoms with E-state index in [1.807, 2.05) is 0 Å². The van der Waals surface area contributed by atoms with Crippen molar-refractivity contribution in [3.8, 4) is 0 Å². The quantitative estimate of drug-likeness (QED) is 0.0970. The van der Waals surface area contributed by atoms with Gasteiger partial charge in [-0.2, -0.15) is 0 Å². The Morgan fingerprint density at radius 3 is 0.464 bits per heavy atom. The number of carboxylic acid groups (broad SMARTS) is 6. The van der Waals surface area contributed by atoms with Gasteiger partial charge in [-0.3, -0.25) is 19.2 Å². The first-order valence-electron chi connectivity index (χ1n) is 13.6. The van der Waals surface area contributed by atoms with Gasteiger partial charge in [-0.1, -0.05) is 0 Å². The maximum absolute atomic E-state index is 10.3. The SMILES string of the molecule is C1CNCCN1.C1CNCCN1.C1CNCCN1.O.O.O.O.O.O.O.O.O.O.O.O.O=C(O)CC(O)(CC(=O)O)C(=O)O.O=C(O)CC(O)(CC(=O)O)C(=O)O. The zero-order valence-electron chi connectivity index (χ0n) is 30.3. The summed E-state index contributed by atoms with van der Waals surface area (Å²) in [6, 6.07) is 0. The molecule has 3 aliphatic heterocycles. The van der Waals surface area contributed by atoms with E-state index in [-0.39, 0.29) is 65.7 Å². The number of carbonyl (C=O) groups is 6. The largest absolute Gasteiger partial charge is 0.481 e. The maximum Gasteiger partial charge on any atom is 0.336 e. The van der Waals surface area contributed by atoms with Crippen molar-refractivity contribution in [3.05, 3.63) is 0 Å². The fraction of sp³-hybridized carbons (Fsp3) is 0.750. The number of hydrogen-bond acceptors (Lipinski definition) is 14. The van der Waals surface area contributed by atoms with Gasteiger partial charge in [0.05, 0.1) is 25.7 Å². The van der Waals surface area contributed by atoms with E-state index < -0.39 is 72.7 Å². The molecular weight excluding hydrogens is 788 g/mol. The fourth-order valence-electron chi connectivity index (χ4n) is 3.24. The van der Waals surface area contributed by atoms with Crippen molar-refractivity contribution >= 4 is 35.8 Å². The molecule has 0 unspecified atom stereocenters. The second-order valence-electron chi connectivity index (χ2n) is 9.46. The Bertz CT molecular complexity index is 748. The van der Waals surface area contributed by atoms with Crippen LogP contribution in [0.3, 0.4) is 0 Å². The molecule has 3 aliphatic rings. The summed E-state index contributed by atoms with van der Waals surface area (Å²) in [7, 11) is 0. The third-order valence-corrected chi connectivity index (χ3v) is 5.44. The molecule has 3 rings (SSSR count). The molecule has 32 nitrogen and oxygen atoms in total. The highest BCUT2D eigenvalue weighted by atomic mass is 16.4. The fourth-order valence-corrected chi connectivity index (χ4v) is 3.24. The molecule has 0 saturated carbocycles. The van der Waals surface area contributed by atoms with Gasteiger partial charge in [-0.05, 0) is 0 Å². The molecule has 352 valence electrons. The first-order valence-corrected chi connectivity index (χ1v) is 13.6. The number of carboxylic acids is 6. The average Bonchev–Trinajstić information content (AvgIpc) is 2.95. The Kier molecular flexibility index (Phi) is 92.6. The van der Waals surface area contributed by atoms with Crippen LogP contribution in [0.25, 0.3) is 0 Å². The average molecular weight is 859 g/mol. The van der Waals surface area contributed by atoms with E-state index in [1.165, 1.54) is 0 Å². The molecule has 3 fully saturated rings. The molecule has 0 atom stereocenters. The summed E-state index contributed by atoms with van der Waals surface area (Å²) in [5, 5.41) is 87.0. The molecule has 56 heavy (non-hydrogen) atoms. The van der Waals surface area contributed by atoms with Crippen molar-refractivity contribution in [2.75, 3.05) is 78.5 Å². The van der Waals surface area contributed by atoms with Crippen molar-refractivity contribution in [1.82, 2.24) is 31.9 Å².